The van der Waals surface area contributed by atoms with Crippen LogP contribution in [-0.4, -0.2) is 35.2 Å². The number of carboxylic acid groups (broad SMARTS) is 1. The number of carbonyl (C=O) groups excluding carboxylic acids is 2. The van der Waals surface area contributed by atoms with E-state index in [1.165, 1.54) is 19.2 Å². The summed E-state index contributed by atoms with van der Waals surface area (Å²) in [4.78, 5) is 38.0. The minimum atomic E-state index is -1.09. The van der Waals surface area contributed by atoms with Gasteiger partial charge < -0.3 is 9.84 Å². The first kappa shape index (κ1) is 18.3. The Morgan fingerprint density at radius 1 is 1.27 bits per heavy atom. The standard InChI is InChI=1S/C18H14ClNO5S/c1-25-10-6-7-12(19)13(8-10)20-16(21)9-15(17(20)22)26-14-5-3-2-4-11(14)18(23)24/h2-8,15H,9H2,1H3,(H,23,24)/t15-/m1/s1. The zero-order valence-corrected chi connectivity index (χ0v) is 15.2. The van der Waals surface area contributed by atoms with E-state index in [0.29, 0.717) is 10.6 Å². The van der Waals surface area contributed by atoms with Crippen molar-refractivity contribution < 1.29 is 24.2 Å². The maximum absolute atomic E-state index is 12.8. The lowest BCUT2D eigenvalue weighted by atomic mass is 10.2. The fourth-order valence-electron chi connectivity index (χ4n) is 2.64. The van der Waals surface area contributed by atoms with Crippen molar-refractivity contribution in [2.75, 3.05) is 12.0 Å². The van der Waals surface area contributed by atoms with Crippen molar-refractivity contribution >= 4 is 46.8 Å². The van der Waals surface area contributed by atoms with Gasteiger partial charge in [0.25, 0.3) is 0 Å². The summed E-state index contributed by atoms with van der Waals surface area (Å²) in [7, 11) is 1.47. The third-order valence-corrected chi connectivity index (χ3v) is 5.47. The second kappa shape index (κ2) is 7.39. The molecule has 2 amide bonds. The number of hydrogen-bond acceptors (Lipinski definition) is 5. The normalized spacial score (nSPS) is 16.8. The minimum Gasteiger partial charge on any atom is -0.497 e. The topological polar surface area (TPSA) is 83.9 Å². The molecule has 1 heterocycles. The number of imide groups is 1. The number of amides is 2. The molecule has 2 aromatic rings. The van der Waals surface area contributed by atoms with E-state index in [-0.39, 0.29) is 22.7 Å². The zero-order valence-electron chi connectivity index (χ0n) is 13.6. The van der Waals surface area contributed by atoms with E-state index >= 15 is 0 Å². The molecule has 1 fully saturated rings. The molecule has 1 aliphatic heterocycles. The van der Waals surface area contributed by atoms with E-state index in [1.807, 2.05) is 0 Å². The Labute approximate surface area is 158 Å². The number of anilines is 1. The number of aromatic carboxylic acids is 1. The monoisotopic (exact) mass is 391 g/mol. The van der Waals surface area contributed by atoms with Crippen molar-refractivity contribution in [1.82, 2.24) is 0 Å². The summed E-state index contributed by atoms with van der Waals surface area (Å²) >= 11 is 7.22. The minimum absolute atomic E-state index is 0.0367. The highest BCUT2D eigenvalue weighted by molar-refractivity contribution is 8.00. The molecular formula is C18H14ClNO5S. The van der Waals surface area contributed by atoms with Gasteiger partial charge >= 0.3 is 5.97 Å². The van der Waals surface area contributed by atoms with Crippen molar-refractivity contribution in [3.05, 3.63) is 53.1 Å². The first-order valence-electron chi connectivity index (χ1n) is 7.61. The Hall–Kier alpha value is -2.51. The van der Waals surface area contributed by atoms with Crippen LogP contribution in [-0.2, 0) is 9.59 Å². The molecule has 0 radical (unpaired) electrons. The fourth-order valence-corrected chi connectivity index (χ4v) is 4.02. The number of halogens is 1. The quantitative estimate of drug-likeness (QED) is 0.785. The molecule has 6 nitrogen and oxygen atoms in total. The predicted molar refractivity (Wildman–Crippen MR) is 98.2 cm³/mol. The summed E-state index contributed by atoms with van der Waals surface area (Å²) in [6, 6.07) is 11.1. The zero-order chi connectivity index (χ0) is 18.8. The van der Waals surface area contributed by atoms with E-state index in [4.69, 9.17) is 16.3 Å². The van der Waals surface area contributed by atoms with E-state index in [1.54, 1.807) is 30.3 Å². The van der Waals surface area contributed by atoms with Gasteiger partial charge in [-0.1, -0.05) is 23.7 Å². The second-order valence-corrected chi connectivity index (χ2v) is 7.15. The first-order valence-corrected chi connectivity index (χ1v) is 8.87. The summed E-state index contributed by atoms with van der Waals surface area (Å²) in [5.74, 6) is -1.44. The molecule has 26 heavy (non-hydrogen) atoms. The average molecular weight is 392 g/mol. The molecule has 0 aromatic heterocycles. The van der Waals surface area contributed by atoms with Crippen LogP contribution in [0, 0.1) is 0 Å². The van der Waals surface area contributed by atoms with Crippen LogP contribution in [0.15, 0.2) is 47.4 Å². The molecule has 1 atom stereocenters. The van der Waals surface area contributed by atoms with Crippen molar-refractivity contribution in [2.24, 2.45) is 0 Å². The fraction of sp³-hybridized carbons (Fsp3) is 0.167. The SMILES string of the molecule is COc1ccc(Cl)c(N2C(=O)C[C@@H](Sc3ccccc3C(=O)O)C2=O)c1. The molecule has 1 saturated heterocycles. The predicted octanol–water partition coefficient (Wildman–Crippen LogP) is 3.47. The molecule has 0 unspecified atom stereocenters. The molecule has 1 aliphatic rings. The van der Waals surface area contributed by atoms with Gasteiger partial charge in [0.05, 0.1) is 28.6 Å². The molecule has 3 rings (SSSR count). The first-order chi connectivity index (χ1) is 12.4. The summed E-state index contributed by atoms with van der Waals surface area (Å²) < 4.78 is 5.13. The highest BCUT2D eigenvalue weighted by Crippen LogP contribution is 2.38. The van der Waals surface area contributed by atoms with Gasteiger partial charge in [-0.3, -0.25) is 9.59 Å². The van der Waals surface area contributed by atoms with Gasteiger partial charge in [-0.2, -0.15) is 0 Å². The maximum Gasteiger partial charge on any atom is 0.336 e. The van der Waals surface area contributed by atoms with Gasteiger partial charge in [-0.15, -0.1) is 11.8 Å². The van der Waals surface area contributed by atoms with Crippen LogP contribution in [0.2, 0.25) is 5.02 Å². The number of carbonyl (C=O) groups is 3. The lowest BCUT2D eigenvalue weighted by Crippen LogP contribution is -2.31. The van der Waals surface area contributed by atoms with Gasteiger partial charge in [0.2, 0.25) is 11.8 Å². The summed E-state index contributed by atoms with van der Waals surface area (Å²) in [6.07, 6.45) is -0.0367. The number of rotatable bonds is 5. The summed E-state index contributed by atoms with van der Waals surface area (Å²) in [6.45, 7) is 0. The Balaban J connectivity index is 1.90. The highest BCUT2D eigenvalue weighted by atomic mass is 35.5. The molecule has 0 spiro atoms. The van der Waals surface area contributed by atoms with Gasteiger partial charge in [0.15, 0.2) is 0 Å². The number of thioether (sulfide) groups is 1. The molecular weight excluding hydrogens is 378 g/mol. The van der Waals surface area contributed by atoms with Gasteiger partial charge in [0, 0.05) is 17.4 Å². The van der Waals surface area contributed by atoms with Gasteiger partial charge in [-0.25, -0.2) is 9.69 Å². The Kier molecular flexibility index (Phi) is 5.20. The second-order valence-electron chi connectivity index (χ2n) is 5.50. The van der Waals surface area contributed by atoms with E-state index in [9.17, 15) is 19.5 Å². The number of hydrogen-bond donors (Lipinski definition) is 1. The number of nitrogens with zero attached hydrogens (tertiary/aromatic N) is 1. The van der Waals surface area contributed by atoms with Crippen LogP contribution in [0.3, 0.4) is 0 Å². The van der Waals surface area contributed by atoms with E-state index in [0.717, 1.165) is 16.7 Å². The Morgan fingerprint density at radius 3 is 2.69 bits per heavy atom. The van der Waals surface area contributed by atoms with Crippen molar-refractivity contribution in [3.63, 3.8) is 0 Å². The summed E-state index contributed by atoms with van der Waals surface area (Å²) in [5.41, 5.74) is 0.353. The molecule has 0 aliphatic carbocycles. The molecule has 134 valence electrons. The van der Waals surface area contributed by atoms with E-state index in [2.05, 4.69) is 0 Å². The van der Waals surface area contributed by atoms with Crippen LogP contribution in [0.25, 0.3) is 0 Å². The molecule has 0 saturated carbocycles. The Morgan fingerprint density at radius 2 is 2.00 bits per heavy atom. The number of carboxylic acids is 1. The Bertz CT molecular complexity index is 901. The van der Waals surface area contributed by atoms with Crippen LogP contribution >= 0.6 is 23.4 Å². The third kappa shape index (κ3) is 3.40. The highest BCUT2D eigenvalue weighted by Gasteiger charge is 2.41. The lowest BCUT2D eigenvalue weighted by Gasteiger charge is -2.17. The van der Waals surface area contributed by atoms with Crippen LogP contribution < -0.4 is 9.64 Å². The lowest BCUT2D eigenvalue weighted by molar-refractivity contribution is -0.121. The van der Waals surface area contributed by atoms with Crippen LogP contribution in [0.4, 0.5) is 5.69 Å². The smallest absolute Gasteiger partial charge is 0.336 e. The van der Waals surface area contributed by atoms with E-state index < -0.39 is 23.0 Å². The van der Waals surface area contributed by atoms with Crippen molar-refractivity contribution in [3.8, 4) is 5.75 Å². The maximum atomic E-state index is 12.8. The number of ether oxygens (including phenoxy) is 1. The average Bonchev–Trinajstić information content (AvgIpc) is 2.89. The van der Waals surface area contributed by atoms with Crippen molar-refractivity contribution in [1.29, 1.82) is 0 Å². The van der Waals surface area contributed by atoms with Crippen LogP contribution in [0.5, 0.6) is 5.75 Å². The number of methoxy groups -OCH3 is 1. The molecule has 0 bridgehead atoms. The van der Waals surface area contributed by atoms with Gasteiger partial charge in [0.1, 0.15) is 5.75 Å². The van der Waals surface area contributed by atoms with Crippen molar-refractivity contribution in [2.45, 2.75) is 16.6 Å². The molecule has 8 heteroatoms. The third-order valence-electron chi connectivity index (χ3n) is 3.89. The largest absolute Gasteiger partial charge is 0.497 e. The summed E-state index contributed by atoms with van der Waals surface area (Å²) in [5, 5.41) is 8.81. The molecule has 1 N–H and O–H groups in total. The van der Waals surface area contributed by atoms with Gasteiger partial charge in [-0.05, 0) is 24.3 Å². The number of benzene rings is 2. The van der Waals surface area contributed by atoms with Crippen LogP contribution in [0.1, 0.15) is 16.8 Å². The molecule has 2 aromatic carbocycles.